The number of nitrogens with one attached hydrogen (secondary N) is 2. The van der Waals surface area contributed by atoms with Crippen LogP contribution in [0, 0.1) is 0 Å². The van der Waals surface area contributed by atoms with Crippen molar-refractivity contribution in [1.82, 2.24) is 15.5 Å². The van der Waals surface area contributed by atoms with Crippen molar-refractivity contribution in [3.05, 3.63) is 11.3 Å². The number of ether oxygens (including phenoxy) is 1. The van der Waals surface area contributed by atoms with E-state index in [1.807, 2.05) is 6.92 Å². The molecule has 0 bridgehead atoms. The van der Waals surface area contributed by atoms with Gasteiger partial charge < -0.3 is 20.5 Å². The van der Waals surface area contributed by atoms with Gasteiger partial charge in [0.2, 0.25) is 0 Å². The highest BCUT2D eigenvalue weighted by Gasteiger charge is 2.54. The number of likely N-dealkylation sites (N-methyl/N-ethyl adjacent to an activating group) is 1. The molecule has 24 heavy (non-hydrogen) atoms. The third kappa shape index (κ3) is 3.84. The van der Waals surface area contributed by atoms with Crippen LogP contribution in [-0.4, -0.2) is 63.8 Å². The molecule has 9 heteroatoms. The van der Waals surface area contributed by atoms with E-state index in [1.165, 1.54) is 16.7 Å². The number of carboxylic acids is 1. The Hall–Kier alpha value is -1.74. The predicted molar refractivity (Wildman–Crippen MR) is 89.5 cm³/mol. The van der Waals surface area contributed by atoms with Crippen molar-refractivity contribution in [3.63, 3.8) is 0 Å². The summed E-state index contributed by atoms with van der Waals surface area (Å²) in [4.78, 5) is 37.0. The molecule has 2 rings (SSSR count). The summed E-state index contributed by atoms with van der Waals surface area (Å²) in [6.45, 7) is 8.25. The van der Waals surface area contributed by atoms with Gasteiger partial charge >= 0.3 is 12.1 Å². The Morgan fingerprint density at radius 2 is 2.08 bits per heavy atom. The zero-order chi connectivity index (χ0) is 18.1. The normalized spacial score (nSPS) is 23.5. The highest BCUT2D eigenvalue weighted by atomic mass is 32.2. The van der Waals surface area contributed by atoms with E-state index < -0.39 is 35.0 Å². The van der Waals surface area contributed by atoms with Crippen LogP contribution >= 0.6 is 11.8 Å². The number of rotatable bonds is 5. The Morgan fingerprint density at radius 1 is 1.42 bits per heavy atom. The molecule has 134 valence electrons. The molecule has 2 atom stereocenters. The molecule has 0 aliphatic carbocycles. The van der Waals surface area contributed by atoms with Crippen molar-refractivity contribution in [2.45, 2.75) is 44.7 Å². The van der Waals surface area contributed by atoms with Crippen molar-refractivity contribution in [2.24, 2.45) is 0 Å². The Morgan fingerprint density at radius 3 is 2.62 bits per heavy atom. The number of carbonyl (C=O) groups excluding carboxylic acids is 2. The highest BCUT2D eigenvalue weighted by molar-refractivity contribution is 8.00. The van der Waals surface area contributed by atoms with Gasteiger partial charge in [0, 0.05) is 12.3 Å². The summed E-state index contributed by atoms with van der Waals surface area (Å²) in [7, 11) is 0. The van der Waals surface area contributed by atoms with Crippen LogP contribution in [0.5, 0.6) is 0 Å². The minimum Gasteiger partial charge on any atom is -0.477 e. The highest BCUT2D eigenvalue weighted by Crippen LogP contribution is 2.40. The van der Waals surface area contributed by atoms with Crippen molar-refractivity contribution < 1.29 is 24.2 Å². The van der Waals surface area contributed by atoms with Crippen molar-refractivity contribution in [2.75, 3.05) is 18.8 Å². The van der Waals surface area contributed by atoms with Gasteiger partial charge in [-0.1, -0.05) is 6.92 Å². The Labute approximate surface area is 145 Å². The molecule has 2 aliphatic heterocycles. The second kappa shape index (κ2) is 7.02. The van der Waals surface area contributed by atoms with Crippen LogP contribution in [0.3, 0.4) is 0 Å². The molecule has 2 aliphatic rings. The average molecular weight is 357 g/mol. The number of amides is 2. The molecule has 1 fully saturated rings. The van der Waals surface area contributed by atoms with E-state index in [-0.39, 0.29) is 5.70 Å². The first-order valence-electron chi connectivity index (χ1n) is 7.76. The van der Waals surface area contributed by atoms with Gasteiger partial charge in [-0.3, -0.25) is 9.69 Å². The fourth-order valence-electron chi connectivity index (χ4n) is 2.53. The standard InChI is InChI=1S/C15H23N3O5S/c1-5-16-6-8-7-24-12-9(17-14(22)23-15(2,3)4)11(19)18(12)10(8)13(20)21/h9,12,16H,5-7H2,1-4H3,(H,17,22)(H,20,21)/t9?,12-/m1/s1. The van der Waals surface area contributed by atoms with Crippen LogP contribution < -0.4 is 10.6 Å². The zero-order valence-electron chi connectivity index (χ0n) is 14.2. The minimum absolute atomic E-state index is 0.0203. The van der Waals surface area contributed by atoms with Crippen molar-refractivity contribution in [3.8, 4) is 0 Å². The van der Waals surface area contributed by atoms with E-state index in [1.54, 1.807) is 20.8 Å². The summed E-state index contributed by atoms with van der Waals surface area (Å²) in [6, 6.07) is -0.764. The summed E-state index contributed by atoms with van der Waals surface area (Å²) in [5.74, 6) is -1.06. The largest absolute Gasteiger partial charge is 0.477 e. The van der Waals surface area contributed by atoms with Gasteiger partial charge in [-0.05, 0) is 32.9 Å². The lowest BCUT2D eigenvalue weighted by molar-refractivity contribution is -0.149. The lowest BCUT2D eigenvalue weighted by Crippen LogP contribution is -2.70. The molecule has 1 saturated heterocycles. The molecule has 8 nitrogen and oxygen atoms in total. The van der Waals surface area contributed by atoms with Gasteiger partial charge in [-0.2, -0.15) is 0 Å². The van der Waals surface area contributed by atoms with Crippen LogP contribution in [0.4, 0.5) is 4.79 Å². The van der Waals surface area contributed by atoms with Gasteiger partial charge in [0.25, 0.3) is 5.91 Å². The van der Waals surface area contributed by atoms with E-state index in [0.717, 1.165) is 0 Å². The topological polar surface area (TPSA) is 108 Å². The number of hydrogen-bond acceptors (Lipinski definition) is 6. The third-order valence-electron chi connectivity index (χ3n) is 3.51. The molecule has 0 radical (unpaired) electrons. The number of carbonyl (C=O) groups is 3. The molecule has 3 N–H and O–H groups in total. The molecular weight excluding hydrogens is 334 g/mol. The molecule has 1 unspecified atom stereocenters. The molecule has 0 spiro atoms. The van der Waals surface area contributed by atoms with Crippen LogP contribution in [0.25, 0.3) is 0 Å². The quantitative estimate of drug-likeness (QED) is 0.623. The second-order valence-electron chi connectivity index (χ2n) is 6.57. The van der Waals surface area contributed by atoms with Crippen LogP contribution in [-0.2, 0) is 14.3 Å². The van der Waals surface area contributed by atoms with E-state index in [4.69, 9.17) is 4.74 Å². The van der Waals surface area contributed by atoms with Crippen LogP contribution in [0.1, 0.15) is 27.7 Å². The summed E-state index contributed by atoms with van der Waals surface area (Å²) in [5, 5.41) is 14.7. The molecule has 2 amide bonds. The fraction of sp³-hybridized carbons (Fsp3) is 0.667. The first-order chi connectivity index (χ1) is 11.2. The molecule has 0 aromatic carbocycles. The molecule has 0 saturated carbocycles. The average Bonchev–Trinajstić information content (AvgIpc) is 2.47. The first kappa shape index (κ1) is 18.6. The molecular formula is C15H23N3O5S. The number of hydrogen-bond donors (Lipinski definition) is 3. The van der Waals surface area contributed by atoms with Gasteiger partial charge in [0.1, 0.15) is 22.7 Å². The smallest absolute Gasteiger partial charge is 0.408 e. The monoisotopic (exact) mass is 357 g/mol. The van der Waals surface area contributed by atoms with E-state index in [9.17, 15) is 19.5 Å². The summed E-state index contributed by atoms with van der Waals surface area (Å²) in [5.41, 5.74) is 0.0306. The van der Waals surface area contributed by atoms with Gasteiger partial charge in [0.05, 0.1) is 0 Å². The third-order valence-corrected chi connectivity index (χ3v) is 4.85. The van der Waals surface area contributed by atoms with E-state index in [0.29, 0.717) is 24.4 Å². The number of nitrogens with zero attached hydrogens (tertiary/aromatic N) is 1. The Kier molecular flexibility index (Phi) is 5.44. The molecule has 2 heterocycles. The number of alkyl carbamates (subject to hydrolysis) is 1. The fourth-order valence-corrected chi connectivity index (χ4v) is 3.88. The number of β-lactam (4-membered cyclic amide) rings is 1. The van der Waals surface area contributed by atoms with Crippen molar-refractivity contribution >= 4 is 29.7 Å². The zero-order valence-corrected chi connectivity index (χ0v) is 15.0. The first-order valence-corrected chi connectivity index (χ1v) is 8.80. The summed E-state index contributed by atoms with van der Waals surface area (Å²) < 4.78 is 5.15. The predicted octanol–water partition coefficient (Wildman–Crippen LogP) is 0.743. The Balaban J connectivity index is 2.10. The van der Waals surface area contributed by atoms with E-state index >= 15 is 0 Å². The van der Waals surface area contributed by atoms with Gasteiger partial charge in [0.15, 0.2) is 0 Å². The SMILES string of the molecule is CCNCC1=C(C(=O)O)N2C(=O)C(NC(=O)OC(C)(C)C)[C@H]2SC1. The molecule has 0 aromatic heterocycles. The maximum absolute atomic E-state index is 12.4. The lowest BCUT2D eigenvalue weighted by atomic mass is 10.0. The number of carboxylic acid groups (broad SMARTS) is 1. The lowest BCUT2D eigenvalue weighted by Gasteiger charge is -2.49. The second-order valence-corrected chi connectivity index (χ2v) is 7.68. The summed E-state index contributed by atoms with van der Waals surface area (Å²) >= 11 is 1.44. The van der Waals surface area contributed by atoms with Crippen LogP contribution in [0.15, 0.2) is 11.3 Å². The number of fused-ring (bicyclic) bond motifs is 1. The summed E-state index contributed by atoms with van der Waals surface area (Å²) in [6.07, 6.45) is -0.680. The molecule has 0 aromatic rings. The maximum Gasteiger partial charge on any atom is 0.408 e. The van der Waals surface area contributed by atoms with Crippen LogP contribution in [0.2, 0.25) is 0 Å². The van der Waals surface area contributed by atoms with Crippen molar-refractivity contribution in [1.29, 1.82) is 0 Å². The van der Waals surface area contributed by atoms with Gasteiger partial charge in [-0.25, -0.2) is 9.59 Å². The van der Waals surface area contributed by atoms with E-state index in [2.05, 4.69) is 10.6 Å². The van der Waals surface area contributed by atoms with Gasteiger partial charge in [-0.15, -0.1) is 11.8 Å². The number of aliphatic carboxylic acids is 1. The Bertz CT molecular complexity index is 584. The minimum atomic E-state index is -1.13. The number of thioether (sulfide) groups is 1. The maximum atomic E-state index is 12.4.